The number of carbonyl (C=O) groups excluding carboxylic acids is 1. The first-order valence-corrected chi connectivity index (χ1v) is 7.33. The number of nitrogens with zero attached hydrogens (tertiary/aromatic N) is 2. The Morgan fingerprint density at radius 2 is 2.17 bits per heavy atom. The van der Waals surface area contributed by atoms with Crippen LogP contribution in [0.5, 0.6) is 0 Å². The zero-order chi connectivity index (χ0) is 17.2. The van der Waals surface area contributed by atoms with E-state index in [1.807, 2.05) is 6.92 Å². The summed E-state index contributed by atoms with van der Waals surface area (Å²) in [5.41, 5.74) is 0.113. The Morgan fingerprint density at radius 1 is 1.48 bits per heavy atom. The molecule has 23 heavy (non-hydrogen) atoms. The zero-order valence-corrected chi connectivity index (χ0v) is 13.0. The third kappa shape index (κ3) is 3.41. The fourth-order valence-corrected chi connectivity index (χ4v) is 2.61. The summed E-state index contributed by atoms with van der Waals surface area (Å²) in [6, 6.07) is 3.89. The maximum atomic E-state index is 12.3. The molecule has 1 aliphatic heterocycles. The van der Waals surface area contributed by atoms with Crippen LogP contribution < -0.4 is 5.32 Å². The van der Waals surface area contributed by atoms with Gasteiger partial charge in [0.2, 0.25) is 0 Å². The molecule has 0 bridgehead atoms. The third-order valence-corrected chi connectivity index (χ3v) is 4.20. The minimum Gasteiger partial charge on any atom is -0.481 e. The maximum absolute atomic E-state index is 12.3. The number of nitro benzene ring substituents is 1. The van der Waals surface area contributed by atoms with Crippen LogP contribution in [0.4, 0.5) is 16.2 Å². The van der Waals surface area contributed by atoms with Gasteiger partial charge in [-0.25, -0.2) is 4.79 Å². The van der Waals surface area contributed by atoms with Crippen LogP contribution in [0.25, 0.3) is 0 Å². The molecule has 1 fully saturated rings. The summed E-state index contributed by atoms with van der Waals surface area (Å²) in [6.07, 6.45) is 0.992. The van der Waals surface area contributed by atoms with Crippen molar-refractivity contribution in [1.29, 1.82) is 0 Å². The average Bonchev–Trinajstić information content (AvgIpc) is 2.91. The first-order chi connectivity index (χ1) is 10.8. The topological polar surface area (TPSA) is 113 Å². The van der Waals surface area contributed by atoms with Gasteiger partial charge in [-0.05, 0) is 25.3 Å². The second-order valence-electron chi connectivity index (χ2n) is 5.92. The smallest absolute Gasteiger partial charge is 0.321 e. The molecule has 0 aliphatic carbocycles. The van der Waals surface area contributed by atoms with Crippen LogP contribution in [-0.4, -0.2) is 40.0 Å². The second-order valence-corrected chi connectivity index (χ2v) is 5.92. The van der Waals surface area contributed by atoms with Crippen molar-refractivity contribution in [3.05, 3.63) is 33.9 Å². The molecule has 1 aliphatic rings. The van der Waals surface area contributed by atoms with Crippen molar-refractivity contribution in [2.75, 3.05) is 18.4 Å². The molecule has 1 aromatic carbocycles. The minimum absolute atomic E-state index is 0.103. The predicted molar refractivity (Wildman–Crippen MR) is 83.4 cm³/mol. The highest BCUT2D eigenvalue weighted by atomic mass is 16.6. The van der Waals surface area contributed by atoms with Crippen LogP contribution in [0.2, 0.25) is 0 Å². The van der Waals surface area contributed by atoms with Gasteiger partial charge in [0.1, 0.15) is 0 Å². The molecule has 1 heterocycles. The number of likely N-dealkylation sites (tertiary alicyclic amines) is 1. The van der Waals surface area contributed by atoms with Gasteiger partial charge in [0.05, 0.1) is 16.0 Å². The Morgan fingerprint density at radius 3 is 2.70 bits per heavy atom. The van der Waals surface area contributed by atoms with Crippen LogP contribution in [0.3, 0.4) is 0 Å². The summed E-state index contributed by atoms with van der Waals surface area (Å²) in [5.74, 6) is -0.933. The van der Waals surface area contributed by atoms with Crippen molar-refractivity contribution in [3.8, 4) is 0 Å². The lowest BCUT2D eigenvalue weighted by molar-refractivity contribution is -0.384. The number of hydrogen-bond acceptors (Lipinski definition) is 4. The Bertz CT molecular complexity index is 661. The number of aliphatic carboxylic acids is 1. The summed E-state index contributed by atoms with van der Waals surface area (Å²) in [6.45, 7) is 3.94. The SMILES string of the molecule is CCc1ccc([N+](=O)[O-])cc1NC(=O)N1CCC(C)(C(=O)O)C1. The Balaban J connectivity index is 2.16. The van der Waals surface area contributed by atoms with Crippen molar-refractivity contribution in [3.63, 3.8) is 0 Å². The number of nitro groups is 1. The molecule has 0 radical (unpaired) electrons. The molecular formula is C15H19N3O5. The summed E-state index contributed by atoms with van der Waals surface area (Å²) in [5, 5.41) is 22.7. The van der Waals surface area contributed by atoms with E-state index in [0.29, 0.717) is 25.1 Å². The Hall–Kier alpha value is -2.64. The van der Waals surface area contributed by atoms with Crippen molar-refractivity contribution in [2.45, 2.75) is 26.7 Å². The van der Waals surface area contributed by atoms with E-state index in [9.17, 15) is 24.8 Å². The standard InChI is InChI=1S/C15H19N3O5/c1-3-10-4-5-11(18(22)23)8-12(10)16-14(21)17-7-6-15(2,9-17)13(19)20/h4-5,8H,3,6-7,9H2,1-2H3,(H,16,21)(H,19,20). The summed E-state index contributed by atoms with van der Waals surface area (Å²) in [7, 11) is 0. The van der Waals surface area contributed by atoms with E-state index in [1.54, 1.807) is 13.0 Å². The quantitative estimate of drug-likeness (QED) is 0.653. The minimum atomic E-state index is -0.951. The normalized spacial score (nSPS) is 20.3. The fraction of sp³-hybridized carbons (Fsp3) is 0.467. The van der Waals surface area contributed by atoms with Crippen molar-refractivity contribution in [2.24, 2.45) is 5.41 Å². The zero-order valence-electron chi connectivity index (χ0n) is 13.0. The van der Waals surface area contributed by atoms with Gasteiger partial charge in [0, 0.05) is 25.2 Å². The number of urea groups is 1. The van der Waals surface area contributed by atoms with Gasteiger partial charge >= 0.3 is 12.0 Å². The van der Waals surface area contributed by atoms with E-state index in [4.69, 9.17) is 0 Å². The van der Waals surface area contributed by atoms with Gasteiger partial charge in [-0.1, -0.05) is 13.0 Å². The van der Waals surface area contributed by atoms with E-state index in [1.165, 1.54) is 17.0 Å². The van der Waals surface area contributed by atoms with Crippen molar-refractivity contribution in [1.82, 2.24) is 4.90 Å². The van der Waals surface area contributed by atoms with E-state index in [2.05, 4.69) is 5.32 Å². The summed E-state index contributed by atoms with van der Waals surface area (Å²) < 4.78 is 0. The van der Waals surface area contributed by atoms with E-state index in [-0.39, 0.29) is 12.2 Å². The molecule has 1 aromatic rings. The van der Waals surface area contributed by atoms with E-state index < -0.39 is 22.3 Å². The lowest BCUT2D eigenvalue weighted by atomic mass is 9.90. The van der Waals surface area contributed by atoms with Gasteiger partial charge in [-0.3, -0.25) is 14.9 Å². The number of carboxylic acid groups (broad SMARTS) is 1. The largest absolute Gasteiger partial charge is 0.481 e. The first kappa shape index (κ1) is 16.7. The highest BCUT2D eigenvalue weighted by Crippen LogP contribution is 2.31. The van der Waals surface area contributed by atoms with Gasteiger partial charge in [-0.15, -0.1) is 0 Å². The van der Waals surface area contributed by atoms with E-state index >= 15 is 0 Å². The first-order valence-electron chi connectivity index (χ1n) is 7.33. The number of non-ortho nitro benzene ring substituents is 1. The number of nitrogens with one attached hydrogen (secondary N) is 1. The molecular weight excluding hydrogens is 302 g/mol. The molecule has 8 heteroatoms. The lowest BCUT2D eigenvalue weighted by Crippen LogP contribution is -2.37. The molecule has 8 nitrogen and oxygen atoms in total. The number of rotatable bonds is 4. The van der Waals surface area contributed by atoms with E-state index in [0.717, 1.165) is 5.56 Å². The molecule has 2 N–H and O–H groups in total. The molecule has 1 saturated heterocycles. The maximum Gasteiger partial charge on any atom is 0.321 e. The van der Waals surface area contributed by atoms with Gasteiger partial charge in [0.15, 0.2) is 0 Å². The number of carboxylic acids is 1. The Kier molecular flexibility index (Phi) is 4.53. The van der Waals surface area contributed by atoms with Gasteiger partial charge < -0.3 is 15.3 Å². The number of anilines is 1. The van der Waals surface area contributed by atoms with Crippen LogP contribution >= 0.6 is 0 Å². The molecule has 1 atom stereocenters. The van der Waals surface area contributed by atoms with Crippen molar-refractivity contribution < 1.29 is 19.6 Å². The fourth-order valence-electron chi connectivity index (χ4n) is 2.61. The molecule has 0 aromatic heterocycles. The number of benzene rings is 1. The van der Waals surface area contributed by atoms with Crippen molar-refractivity contribution >= 4 is 23.4 Å². The predicted octanol–water partition coefficient (Wildman–Crippen LogP) is 2.49. The molecule has 1 unspecified atom stereocenters. The Labute approximate surface area is 133 Å². The number of amides is 2. The number of hydrogen-bond donors (Lipinski definition) is 2. The van der Waals surface area contributed by atoms with Crippen LogP contribution in [0.1, 0.15) is 25.8 Å². The van der Waals surface area contributed by atoms with Crippen LogP contribution in [-0.2, 0) is 11.2 Å². The number of aryl methyl sites for hydroxylation is 1. The molecule has 2 rings (SSSR count). The molecule has 2 amide bonds. The van der Waals surface area contributed by atoms with Gasteiger partial charge in [-0.2, -0.15) is 0 Å². The molecule has 0 saturated carbocycles. The highest BCUT2D eigenvalue weighted by Gasteiger charge is 2.42. The average molecular weight is 321 g/mol. The number of carbonyl (C=O) groups is 2. The molecule has 124 valence electrons. The third-order valence-electron chi connectivity index (χ3n) is 4.20. The van der Waals surface area contributed by atoms with Gasteiger partial charge in [0.25, 0.3) is 5.69 Å². The van der Waals surface area contributed by atoms with Crippen LogP contribution in [0.15, 0.2) is 18.2 Å². The molecule has 0 spiro atoms. The van der Waals surface area contributed by atoms with Crippen LogP contribution in [0, 0.1) is 15.5 Å². The lowest BCUT2D eigenvalue weighted by Gasteiger charge is -2.21. The summed E-state index contributed by atoms with van der Waals surface area (Å²) >= 11 is 0. The second kappa shape index (κ2) is 6.23. The summed E-state index contributed by atoms with van der Waals surface area (Å²) in [4.78, 5) is 35.3. The monoisotopic (exact) mass is 321 g/mol. The highest BCUT2D eigenvalue weighted by molar-refractivity contribution is 5.91.